The van der Waals surface area contributed by atoms with Crippen molar-refractivity contribution in [3.63, 3.8) is 0 Å². The Morgan fingerprint density at radius 2 is 2.21 bits per heavy atom. The Labute approximate surface area is 89.7 Å². The monoisotopic (exact) mass is 213 g/mol. The number of halogens is 1. The Kier molecular flexibility index (Phi) is 4.39. The van der Waals surface area contributed by atoms with Crippen molar-refractivity contribution in [2.24, 2.45) is 5.73 Å². The SMILES string of the molecule is Cc1cccc(Cl)c1[C@@H](N)CCCO. The minimum atomic E-state index is -0.0733. The maximum absolute atomic E-state index is 8.71. The molecule has 0 bridgehead atoms. The fraction of sp³-hybridized carbons (Fsp3) is 0.455. The number of nitrogens with two attached hydrogens (primary N) is 1. The van der Waals surface area contributed by atoms with Crippen molar-refractivity contribution in [2.45, 2.75) is 25.8 Å². The van der Waals surface area contributed by atoms with Crippen LogP contribution < -0.4 is 5.73 Å². The molecule has 0 saturated carbocycles. The third-order valence-corrected chi connectivity index (χ3v) is 2.64. The van der Waals surface area contributed by atoms with Crippen LogP contribution in [0.15, 0.2) is 18.2 Å². The van der Waals surface area contributed by atoms with E-state index in [4.69, 9.17) is 22.4 Å². The summed E-state index contributed by atoms with van der Waals surface area (Å²) in [4.78, 5) is 0. The van der Waals surface area contributed by atoms with Gasteiger partial charge in [-0.25, -0.2) is 0 Å². The fourth-order valence-electron chi connectivity index (χ4n) is 1.57. The first-order valence-corrected chi connectivity index (χ1v) is 5.16. The minimum Gasteiger partial charge on any atom is -0.396 e. The molecule has 0 heterocycles. The first-order valence-electron chi connectivity index (χ1n) is 4.78. The van der Waals surface area contributed by atoms with Gasteiger partial charge in [-0.1, -0.05) is 23.7 Å². The van der Waals surface area contributed by atoms with E-state index in [1.807, 2.05) is 25.1 Å². The zero-order valence-electron chi connectivity index (χ0n) is 8.33. The maximum atomic E-state index is 8.71. The summed E-state index contributed by atoms with van der Waals surface area (Å²) in [6.07, 6.45) is 1.48. The highest BCUT2D eigenvalue weighted by Gasteiger charge is 2.11. The molecule has 0 unspecified atom stereocenters. The molecule has 2 nitrogen and oxygen atoms in total. The average molecular weight is 214 g/mol. The molecule has 0 aliphatic heterocycles. The lowest BCUT2D eigenvalue weighted by atomic mass is 9.98. The Hall–Kier alpha value is -0.570. The molecule has 0 aliphatic carbocycles. The highest BCUT2D eigenvalue weighted by molar-refractivity contribution is 6.31. The van der Waals surface area contributed by atoms with Gasteiger partial charge in [-0.05, 0) is 37.0 Å². The molecule has 78 valence electrons. The summed E-state index contributed by atoms with van der Waals surface area (Å²) in [6, 6.07) is 5.69. The smallest absolute Gasteiger partial charge is 0.0456 e. The molecule has 0 aromatic heterocycles. The van der Waals surface area contributed by atoms with E-state index in [2.05, 4.69) is 0 Å². The van der Waals surface area contributed by atoms with E-state index in [1.165, 1.54) is 0 Å². The van der Waals surface area contributed by atoms with E-state index in [9.17, 15) is 0 Å². The van der Waals surface area contributed by atoms with Crippen LogP contribution in [0.4, 0.5) is 0 Å². The van der Waals surface area contributed by atoms with Gasteiger partial charge in [0.05, 0.1) is 0 Å². The van der Waals surface area contributed by atoms with Gasteiger partial charge in [-0.15, -0.1) is 0 Å². The molecule has 3 heteroatoms. The lowest BCUT2D eigenvalue weighted by molar-refractivity contribution is 0.280. The van der Waals surface area contributed by atoms with Crippen LogP contribution in [0.25, 0.3) is 0 Å². The van der Waals surface area contributed by atoms with Gasteiger partial charge in [0.25, 0.3) is 0 Å². The van der Waals surface area contributed by atoms with Crippen LogP contribution in [-0.4, -0.2) is 11.7 Å². The van der Waals surface area contributed by atoms with Crippen LogP contribution in [-0.2, 0) is 0 Å². The van der Waals surface area contributed by atoms with Crippen LogP contribution in [0.5, 0.6) is 0 Å². The van der Waals surface area contributed by atoms with Crippen LogP contribution in [0.3, 0.4) is 0 Å². The molecule has 0 amide bonds. The van der Waals surface area contributed by atoms with Gasteiger partial charge >= 0.3 is 0 Å². The van der Waals surface area contributed by atoms with E-state index in [-0.39, 0.29) is 12.6 Å². The number of aryl methyl sites for hydroxylation is 1. The van der Waals surface area contributed by atoms with E-state index in [0.717, 1.165) is 22.6 Å². The standard InChI is InChI=1S/C11H16ClNO/c1-8-4-2-5-9(12)11(8)10(13)6-3-7-14/h2,4-5,10,14H,3,6-7,13H2,1H3/t10-/m0/s1. The van der Waals surface area contributed by atoms with Gasteiger partial charge in [-0.2, -0.15) is 0 Å². The summed E-state index contributed by atoms with van der Waals surface area (Å²) in [6.45, 7) is 2.18. The second-order valence-corrected chi connectivity index (χ2v) is 3.85. The van der Waals surface area contributed by atoms with Gasteiger partial charge in [0, 0.05) is 17.7 Å². The van der Waals surface area contributed by atoms with Crippen molar-refractivity contribution < 1.29 is 5.11 Å². The zero-order valence-corrected chi connectivity index (χ0v) is 9.09. The first kappa shape index (κ1) is 11.5. The van der Waals surface area contributed by atoms with E-state index in [0.29, 0.717) is 6.42 Å². The number of hydrogen-bond donors (Lipinski definition) is 2. The largest absolute Gasteiger partial charge is 0.396 e. The Morgan fingerprint density at radius 3 is 2.79 bits per heavy atom. The first-order chi connectivity index (χ1) is 6.66. The van der Waals surface area contributed by atoms with Crippen LogP contribution in [0.2, 0.25) is 5.02 Å². The van der Waals surface area contributed by atoms with Crippen LogP contribution in [0.1, 0.15) is 30.0 Å². The molecule has 0 saturated heterocycles. The molecule has 1 aromatic carbocycles. The average Bonchev–Trinajstić information content (AvgIpc) is 2.14. The number of aliphatic hydroxyl groups is 1. The second-order valence-electron chi connectivity index (χ2n) is 3.44. The molecule has 14 heavy (non-hydrogen) atoms. The predicted molar refractivity (Wildman–Crippen MR) is 59.4 cm³/mol. The van der Waals surface area contributed by atoms with Crippen LogP contribution in [0, 0.1) is 6.92 Å². The van der Waals surface area contributed by atoms with E-state index in [1.54, 1.807) is 0 Å². The highest BCUT2D eigenvalue weighted by Crippen LogP contribution is 2.27. The Balaban J connectivity index is 2.82. The summed E-state index contributed by atoms with van der Waals surface area (Å²) in [5.74, 6) is 0. The second kappa shape index (κ2) is 5.35. The highest BCUT2D eigenvalue weighted by atomic mass is 35.5. The topological polar surface area (TPSA) is 46.2 Å². The molecular weight excluding hydrogens is 198 g/mol. The molecule has 3 N–H and O–H groups in total. The quantitative estimate of drug-likeness (QED) is 0.807. The molecule has 0 fully saturated rings. The van der Waals surface area contributed by atoms with Crippen molar-refractivity contribution in [1.29, 1.82) is 0 Å². The summed E-state index contributed by atoms with van der Waals surface area (Å²) in [5.41, 5.74) is 8.10. The van der Waals surface area contributed by atoms with Gasteiger partial charge in [0.1, 0.15) is 0 Å². The van der Waals surface area contributed by atoms with Crippen molar-refractivity contribution in [2.75, 3.05) is 6.61 Å². The maximum Gasteiger partial charge on any atom is 0.0456 e. The van der Waals surface area contributed by atoms with Gasteiger partial charge < -0.3 is 10.8 Å². The lowest BCUT2D eigenvalue weighted by Crippen LogP contribution is -2.12. The minimum absolute atomic E-state index is 0.0733. The van der Waals surface area contributed by atoms with Crippen LogP contribution >= 0.6 is 11.6 Å². The molecule has 0 radical (unpaired) electrons. The van der Waals surface area contributed by atoms with Gasteiger partial charge in [0.2, 0.25) is 0 Å². The fourth-order valence-corrected chi connectivity index (χ4v) is 1.93. The van der Waals surface area contributed by atoms with Gasteiger partial charge in [-0.3, -0.25) is 0 Å². The molecule has 0 aliphatic rings. The summed E-state index contributed by atoms with van der Waals surface area (Å²) < 4.78 is 0. The van der Waals surface area contributed by atoms with Crippen molar-refractivity contribution in [3.05, 3.63) is 34.3 Å². The molecule has 1 atom stereocenters. The number of hydrogen-bond acceptors (Lipinski definition) is 2. The molecule has 0 spiro atoms. The third kappa shape index (κ3) is 2.71. The lowest BCUT2D eigenvalue weighted by Gasteiger charge is -2.15. The number of rotatable bonds is 4. The molecule has 1 aromatic rings. The van der Waals surface area contributed by atoms with Crippen molar-refractivity contribution >= 4 is 11.6 Å². The van der Waals surface area contributed by atoms with Gasteiger partial charge in [0.15, 0.2) is 0 Å². The Morgan fingerprint density at radius 1 is 1.50 bits per heavy atom. The summed E-state index contributed by atoms with van der Waals surface area (Å²) in [7, 11) is 0. The van der Waals surface area contributed by atoms with Crippen molar-refractivity contribution in [1.82, 2.24) is 0 Å². The zero-order chi connectivity index (χ0) is 10.6. The normalized spacial score (nSPS) is 12.9. The van der Waals surface area contributed by atoms with E-state index < -0.39 is 0 Å². The molecule has 1 rings (SSSR count). The number of benzene rings is 1. The van der Waals surface area contributed by atoms with Crippen molar-refractivity contribution in [3.8, 4) is 0 Å². The third-order valence-electron chi connectivity index (χ3n) is 2.31. The number of aliphatic hydroxyl groups excluding tert-OH is 1. The molecular formula is C11H16ClNO. The summed E-state index contributed by atoms with van der Waals surface area (Å²) >= 11 is 6.06. The summed E-state index contributed by atoms with van der Waals surface area (Å²) in [5, 5.41) is 9.43. The Bertz CT molecular complexity index is 281. The predicted octanol–water partition coefficient (Wildman–Crippen LogP) is 2.42. The van der Waals surface area contributed by atoms with E-state index >= 15 is 0 Å².